The van der Waals surface area contributed by atoms with E-state index in [0.29, 0.717) is 54.2 Å². The third-order valence-electron chi connectivity index (χ3n) is 5.60. The van der Waals surface area contributed by atoms with E-state index >= 15 is 0 Å². The largest absolute Gasteiger partial charge is 0.497 e. The van der Waals surface area contributed by atoms with Crippen LogP contribution in [-0.2, 0) is 9.53 Å². The highest BCUT2D eigenvalue weighted by Crippen LogP contribution is 2.40. The third-order valence-corrected chi connectivity index (χ3v) is 6.69. The molecule has 1 saturated heterocycles. The first-order valence-electron chi connectivity index (χ1n) is 11.0. The average molecular weight is 488 g/mol. The number of morpholine rings is 1. The van der Waals surface area contributed by atoms with Gasteiger partial charge in [-0.25, -0.2) is 4.98 Å². The van der Waals surface area contributed by atoms with Crippen LogP contribution in [0.15, 0.2) is 36.4 Å². The van der Waals surface area contributed by atoms with Crippen LogP contribution >= 0.6 is 11.3 Å². The topological polar surface area (TPSA) is 82.6 Å². The van der Waals surface area contributed by atoms with Gasteiger partial charge in [0.15, 0.2) is 11.7 Å². The standard InChI is InChI=1S/C24H29N3O6S/c1-29-17-4-6-18(7-5-17)33-16-21(28)27(11-10-26-12-14-32-15-13-26)24-25-22-19(30-2)8-9-20(31-3)23(22)34-24/h4-9H,10-16H2,1-3H3. The van der Waals surface area contributed by atoms with E-state index in [1.807, 2.05) is 12.1 Å². The Morgan fingerprint density at radius 2 is 1.68 bits per heavy atom. The summed E-state index contributed by atoms with van der Waals surface area (Å²) in [4.78, 5) is 22.1. The first-order chi connectivity index (χ1) is 16.6. The molecular formula is C24H29N3O6S. The lowest BCUT2D eigenvalue weighted by molar-refractivity contribution is -0.120. The van der Waals surface area contributed by atoms with Crippen molar-refractivity contribution < 1.29 is 28.5 Å². The molecule has 0 unspecified atom stereocenters. The monoisotopic (exact) mass is 487 g/mol. The van der Waals surface area contributed by atoms with Gasteiger partial charge in [0.1, 0.15) is 33.2 Å². The summed E-state index contributed by atoms with van der Waals surface area (Å²) in [5.41, 5.74) is 0.669. The van der Waals surface area contributed by atoms with Gasteiger partial charge in [-0.3, -0.25) is 14.6 Å². The number of carbonyl (C=O) groups is 1. The number of hydrogen-bond donors (Lipinski definition) is 0. The zero-order chi connectivity index (χ0) is 23.9. The lowest BCUT2D eigenvalue weighted by Gasteiger charge is -2.29. The maximum atomic E-state index is 13.3. The molecule has 9 nitrogen and oxygen atoms in total. The fourth-order valence-corrected chi connectivity index (χ4v) is 4.80. The van der Waals surface area contributed by atoms with Gasteiger partial charge in [0.2, 0.25) is 0 Å². The van der Waals surface area contributed by atoms with E-state index in [9.17, 15) is 4.79 Å². The highest BCUT2D eigenvalue weighted by molar-refractivity contribution is 7.22. The Labute approximate surface area is 202 Å². The van der Waals surface area contributed by atoms with E-state index in [1.165, 1.54) is 11.3 Å². The van der Waals surface area contributed by atoms with Gasteiger partial charge in [-0.05, 0) is 36.4 Å². The number of carbonyl (C=O) groups excluding carboxylic acids is 1. The van der Waals surface area contributed by atoms with Crippen molar-refractivity contribution >= 4 is 32.6 Å². The van der Waals surface area contributed by atoms with Gasteiger partial charge in [-0.2, -0.15) is 0 Å². The predicted molar refractivity (Wildman–Crippen MR) is 131 cm³/mol. The second-order valence-electron chi connectivity index (χ2n) is 7.61. The molecule has 0 radical (unpaired) electrons. The summed E-state index contributed by atoms with van der Waals surface area (Å²) in [6.45, 7) is 4.16. The molecule has 0 saturated carbocycles. The fourth-order valence-electron chi connectivity index (χ4n) is 3.68. The molecule has 4 rings (SSSR count). The van der Waals surface area contributed by atoms with Crippen LogP contribution in [0.5, 0.6) is 23.0 Å². The Hall–Kier alpha value is -3.08. The Kier molecular flexibility index (Phi) is 8.04. The summed E-state index contributed by atoms with van der Waals surface area (Å²) in [6.07, 6.45) is 0. The van der Waals surface area contributed by atoms with E-state index in [4.69, 9.17) is 28.7 Å². The van der Waals surface area contributed by atoms with Crippen molar-refractivity contribution in [2.45, 2.75) is 0 Å². The summed E-state index contributed by atoms with van der Waals surface area (Å²) >= 11 is 1.40. The van der Waals surface area contributed by atoms with Crippen LogP contribution in [0, 0.1) is 0 Å². The van der Waals surface area contributed by atoms with Crippen LogP contribution < -0.4 is 23.8 Å². The highest BCUT2D eigenvalue weighted by Gasteiger charge is 2.24. The molecule has 1 aliphatic heterocycles. The molecule has 0 spiro atoms. The van der Waals surface area contributed by atoms with Gasteiger partial charge < -0.3 is 23.7 Å². The molecule has 0 atom stereocenters. The van der Waals surface area contributed by atoms with Gasteiger partial charge in [0.25, 0.3) is 5.91 Å². The van der Waals surface area contributed by atoms with Crippen molar-refractivity contribution in [2.24, 2.45) is 0 Å². The molecule has 182 valence electrons. The Bertz CT molecular complexity index is 1060. The van der Waals surface area contributed by atoms with Gasteiger partial charge in [-0.15, -0.1) is 0 Å². The third kappa shape index (κ3) is 5.52. The molecule has 10 heteroatoms. The molecule has 1 aromatic heterocycles. The second-order valence-corrected chi connectivity index (χ2v) is 8.59. The van der Waals surface area contributed by atoms with Crippen LogP contribution in [-0.4, -0.2) is 83.1 Å². The number of anilines is 1. The number of fused-ring (bicyclic) bond motifs is 1. The maximum absolute atomic E-state index is 13.3. The van der Waals surface area contributed by atoms with Gasteiger partial charge >= 0.3 is 0 Å². The van der Waals surface area contributed by atoms with E-state index in [-0.39, 0.29) is 12.5 Å². The van der Waals surface area contributed by atoms with E-state index in [0.717, 1.165) is 23.5 Å². The summed E-state index contributed by atoms with van der Waals surface area (Å²) in [5, 5.41) is 0.578. The SMILES string of the molecule is COc1ccc(OCC(=O)N(CCN2CCOCC2)c2nc3c(OC)ccc(OC)c3s2)cc1. The first-order valence-corrected chi connectivity index (χ1v) is 11.8. The Morgan fingerprint density at radius 1 is 1.00 bits per heavy atom. The normalized spacial score (nSPS) is 14.1. The quantitative estimate of drug-likeness (QED) is 0.432. The zero-order valence-electron chi connectivity index (χ0n) is 19.6. The first kappa shape index (κ1) is 24.1. The average Bonchev–Trinajstić information content (AvgIpc) is 3.33. The van der Waals surface area contributed by atoms with Crippen molar-refractivity contribution in [3.8, 4) is 23.0 Å². The predicted octanol–water partition coefficient (Wildman–Crippen LogP) is 3.07. The fraction of sp³-hybridized carbons (Fsp3) is 0.417. The molecule has 34 heavy (non-hydrogen) atoms. The summed E-state index contributed by atoms with van der Waals surface area (Å²) in [7, 11) is 4.82. The summed E-state index contributed by atoms with van der Waals surface area (Å²) < 4.78 is 28.2. The highest BCUT2D eigenvalue weighted by atomic mass is 32.1. The van der Waals surface area contributed by atoms with Crippen molar-refractivity contribution in [1.82, 2.24) is 9.88 Å². The molecule has 0 bridgehead atoms. The number of methoxy groups -OCH3 is 3. The molecule has 2 heterocycles. The summed E-state index contributed by atoms with van der Waals surface area (Å²) in [5.74, 6) is 2.46. The second kappa shape index (κ2) is 11.4. The van der Waals surface area contributed by atoms with E-state index < -0.39 is 0 Å². The van der Waals surface area contributed by atoms with Crippen LogP contribution in [0.3, 0.4) is 0 Å². The van der Waals surface area contributed by atoms with E-state index in [1.54, 1.807) is 50.5 Å². The zero-order valence-corrected chi connectivity index (χ0v) is 20.4. The molecule has 2 aromatic carbocycles. The summed E-state index contributed by atoms with van der Waals surface area (Å²) in [6, 6.07) is 10.8. The number of benzene rings is 2. The number of amides is 1. The van der Waals surface area contributed by atoms with Crippen molar-refractivity contribution in [3.63, 3.8) is 0 Å². The molecule has 3 aromatic rings. The Morgan fingerprint density at radius 3 is 2.35 bits per heavy atom. The van der Waals surface area contributed by atoms with Crippen LogP contribution in [0.4, 0.5) is 5.13 Å². The van der Waals surface area contributed by atoms with Crippen LogP contribution in [0.25, 0.3) is 10.2 Å². The number of hydrogen-bond acceptors (Lipinski definition) is 9. The molecule has 0 aliphatic carbocycles. The van der Waals surface area contributed by atoms with Gasteiger partial charge in [0, 0.05) is 26.2 Å². The molecule has 1 amide bonds. The van der Waals surface area contributed by atoms with Crippen molar-refractivity contribution in [2.75, 3.05) is 72.2 Å². The molecule has 0 N–H and O–H groups in total. The van der Waals surface area contributed by atoms with Gasteiger partial charge in [0.05, 0.1) is 34.5 Å². The van der Waals surface area contributed by atoms with E-state index in [2.05, 4.69) is 4.90 Å². The van der Waals surface area contributed by atoms with Crippen LogP contribution in [0.2, 0.25) is 0 Å². The minimum atomic E-state index is -0.180. The minimum Gasteiger partial charge on any atom is -0.497 e. The number of rotatable bonds is 10. The number of ether oxygens (including phenoxy) is 5. The van der Waals surface area contributed by atoms with Gasteiger partial charge in [-0.1, -0.05) is 11.3 Å². The number of nitrogens with zero attached hydrogens (tertiary/aromatic N) is 3. The minimum absolute atomic E-state index is 0.111. The van der Waals surface area contributed by atoms with Crippen LogP contribution in [0.1, 0.15) is 0 Å². The molecule has 1 aliphatic rings. The smallest absolute Gasteiger partial charge is 0.266 e. The lowest BCUT2D eigenvalue weighted by atomic mass is 10.3. The molecular weight excluding hydrogens is 458 g/mol. The van der Waals surface area contributed by atoms with Crippen molar-refractivity contribution in [1.29, 1.82) is 0 Å². The molecule has 1 fully saturated rings. The lowest BCUT2D eigenvalue weighted by Crippen LogP contribution is -2.44. The Balaban J connectivity index is 1.57. The number of aromatic nitrogens is 1. The maximum Gasteiger partial charge on any atom is 0.266 e. The van der Waals surface area contributed by atoms with Crippen molar-refractivity contribution in [3.05, 3.63) is 36.4 Å². The number of thiazole rings is 1.